The molecule has 21 heavy (non-hydrogen) atoms. The molecule has 1 aliphatic rings. The highest BCUT2D eigenvalue weighted by Gasteiger charge is 2.17. The first-order chi connectivity index (χ1) is 10.2. The Bertz CT molecular complexity index is 585. The highest BCUT2D eigenvalue weighted by atomic mass is 79.9. The van der Waals surface area contributed by atoms with Gasteiger partial charge >= 0.3 is 0 Å². The van der Waals surface area contributed by atoms with Crippen molar-refractivity contribution in [2.75, 3.05) is 26.2 Å². The van der Waals surface area contributed by atoms with Crippen LogP contribution in [0.5, 0.6) is 0 Å². The van der Waals surface area contributed by atoms with Crippen molar-refractivity contribution in [2.45, 2.75) is 13.1 Å². The Morgan fingerprint density at radius 1 is 0.952 bits per heavy atom. The van der Waals surface area contributed by atoms with E-state index in [1.54, 1.807) is 0 Å². The fraction of sp³-hybridized carbons (Fsp3) is 0.412. The first-order valence-electron chi connectivity index (χ1n) is 7.50. The monoisotopic (exact) mass is 347 g/mol. The van der Waals surface area contributed by atoms with Crippen molar-refractivity contribution in [3.63, 3.8) is 0 Å². The van der Waals surface area contributed by atoms with Crippen LogP contribution in [-0.4, -0.2) is 40.5 Å². The molecule has 0 atom stereocenters. The van der Waals surface area contributed by atoms with E-state index in [1.165, 1.54) is 15.7 Å². The van der Waals surface area contributed by atoms with Crippen LogP contribution in [0, 0.1) is 0 Å². The van der Waals surface area contributed by atoms with E-state index in [0.29, 0.717) is 0 Å². The molecular weight excluding hydrogens is 326 g/mol. The van der Waals surface area contributed by atoms with Gasteiger partial charge in [-0.15, -0.1) is 0 Å². The third-order valence-electron chi connectivity index (χ3n) is 4.20. The Labute approximate surface area is 135 Å². The maximum absolute atomic E-state index is 3.55. The van der Waals surface area contributed by atoms with Crippen LogP contribution in [0.15, 0.2) is 47.1 Å². The van der Waals surface area contributed by atoms with Crippen LogP contribution >= 0.6 is 15.9 Å². The van der Waals surface area contributed by atoms with Crippen LogP contribution in [0.4, 0.5) is 0 Å². The molecule has 1 saturated heterocycles. The second-order valence-corrected chi connectivity index (χ2v) is 6.71. The molecule has 112 valence electrons. The fourth-order valence-corrected chi connectivity index (χ4v) is 3.34. The van der Waals surface area contributed by atoms with E-state index >= 15 is 0 Å². The topological polar surface area (TPSA) is 11.4 Å². The van der Waals surface area contributed by atoms with Crippen molar-refractivity contribution < 1.29 is 0 Å². The van der Waals surface area contributed by atoms with Gasteiger partial charge in [-0.3, -0.25) is 9.80 Å². The Kier molecular flexibility index (Phi) is 4.78. The van der Waals surface area contributed by atoms with E-state index in [0.717, 1.165) is 39.3 Å². The molecule has 0 amide bonds. The third kappa shape index (κ3) is 3.96. The minimum atomic E-state index is 1.05. The number of hydrogen-bond donors (Lipinski definition) is 0. The van der Waals surface area contributed by atoms with Gasteiger partial charge in [0.25, 0.3) is 0 Å². The summed E-state index contributed by atoms with van der Waals surface area (Å²) in [6, 6.07) is 13.0. The number of rotatable bonds is 4. The molecule has 2 heterocycles. The number of aryl methyl sites for hydroxylation is 1. The van der Waals surface area contributed by atoms with Gasteiger partial charge < -0.3 is 4.57 Å². The molecule has 1 aliphatic heterocycles. The first-order valence-corrected chi connectivity index (χ1v) is 8.29. The Hall–Kier alpha value is -1.10. The number of hydrogen-bond acceptors (Lipinski definition) is 2. The molecule has 2 aromatic rings. The summed E-state index contributed by atoms with van der Waals surface area (Å²) in [7, 11) is 2.12. The van der Waals surface area contributed by atoms with Crippen LogP contribution in [-0.2, 0) is 20.1 Å². The molecule has 1 fully saturated rings. The third-order valence-corrected chi connectivity index (χ3v) is 4.69. The lowest BCUT2D eigenvalue weighted by atomic mass is 10.2. The van der Waals surface area contributed by atoms with Crippen LogP contribution in [0.1, 0.15) is 11.3 Å². The van der Waals surface area contributed by atoms with Crippen molar-refractivity contribution in [1.82, 2.24) is 14.4 Å². The van der Waals surface area contributed by atoms with Gasteiger partial charge in [-0.1, -0.05) is 28.1 Å². The summed E-state index contributed by atoms with van der Waals surface area (Å²) in [4.78, 5) is 5.09. The smallest absolute Gasteiger partial charge is 0.0388 e. The maximum atomic E-state index is 3.55. The van der Waals surface area contributed by atoms with E-state index in [-0.39, 0.29) is 0 Å². The van der Waals surface area contributed by atoms with Crippen molar-refractivity contribution in [3.05, 3.63) is 58.3 Å². The van der Waals surface area contributed by atoms with Gasteiger partial charge in [-0.25, -0.2) is 0 Å². The average Bonchev–Trinajstić information content (AvgIpc) is 2.87. The number of piperazine rings is 1. The second-order valence-electron chi connectivity index (χ2n) is 5.79. The molecule has 4 heteroatoms. The Morgan fingerprint density at radius 3 is 2.29 bits per heavy atom. The number of nitrogens with zero attached hydrogens (tertiary/aromatic N) is 3. The summed E-state index contributed by atoms with van der Waals surface area (Å²) in [5.41, 5.74) is 2.79. The zero-order valence-corrected chi connectivity index (χ0v) is 14.1. The lowest BCUT2D eigenvalue weighted by Crippen LogP contribution is -2.45. The summed E-state index contributed by atoms with van der Waals surface area (Å²) in [6.45, 7) is 6.72. The van der Waals surface area contributed by atoms with Gasteiger partial charge in [0.1, 0.15) is 0 Å². The summed E-state index contributed by atoms with van der Waals surface area (Å²) < 4.78 is 3.38. The van der Waals surface area contributed by atoms with Gasteiger partial charge in [-0.05, 0) is 29.8 Å². The van der Waals surface area contributed by atoms with Gasteiger partial charge in [0.15, 0.2) is 0 Å². The average molecular weight is 348 g/mol. The van der Waals surface area contributed by atoms with Gasteiger partial charge in [-0.2, -0.15) is 0 Å². The zero-order chi connectivity index (χ0) is 14.7. The summed E-state index contributed by atoms with van der Waals surface area (Å²) in [5, 5.41) is 0. The van der Waals surface area contributed by atoms with Crippen molar-refractivity contribution >= 4 is 15.9 Å². The minimum absolute atomic E-state index is 1.05. The number of aromatic nitrogens is 1. The van der Waals surface area contributed by atoms with Crippen LogP contribution in [0.2, 0.25) is 0 Å². The number of benzene rings is 1. The fourth-order valence-electron chi connectivity index (χ4n) is 2.89. The number of halogens is 1. The maximum Gasteiger partial charge on any atom is 0.0388 e. The molecule has 0 bridgehead atoms. The molecule has 0 aliphatic carbocycles. The molecule has 1 aromatic heterocycles. The van der Waals surface area contributed by atoms with E-state index < -0.39 is 0 Å². The molecule has 0 saturated carbocycles. The second kappa shape index (κ2) is 6.77. The van der Waals surface area contributed by atoms with Crippen LogP contribution < -0.4 is 0 Å². The molecule has 3 nitrogen and oxygen atoms in total. The zero-order valence-electron chi connectivity index (χ0n) is 12.5. The normalized spacial score (nSPS) is 17.2. The Morgan fingerprint density at radius 2 is 1.67 bits per heavy atom. The lowest BCUT2D eigenvalue weighted by molar-refractivity contribution is 0.120. The van der Waals surface area contributed by atoms with Crippen LogP contribution in [0.25, 0.3) is 0 Å². The van der Waals surface area contributed by atoms with E-state index in [9.17, 15) is 0 Å². The SMILES string of the molecule is Cn1cccc1CN1CCN(Cc2cccc(Br)c2)CC1. The van der Waals surface area contributed by atoms with Gasteiger partial charge in [0.05, 0.1) is 0 Å². The summed E-state index contributed by atoms with van der Waals surface area (Å²) in [5.74, 6) is 0. The molecule has 0 spiro atoms. The van der Waals surface area contributed by atoms with E-state index in [4.69, 9.17) is 0 Å². The lowest BCUT2D eigenvalue weighted by Gasteiger charge is -2.34. The predicted octanol–water partition coefficient (Wildman–Crippen LogP) is 3.11. The van der Waals surface area contributed by atoms with Crippen molar-refractivity contribution in [2.24, 2.45) is 7.05 Å². The van der Waals surface area contributed by atoms with E-state index in [1.807, 2.05) is 0 Å². The van der Waals surface area contributed by atoms with Gasteiger partial charge in [0.2, 0.25) is 0 Å². The summed E-state index contributed by atoms with van der Waals surface area (Å²) in [6.07, 6.45) is 2.12. The summed E-state index contributed by atoms with van der Waals surface area (Å²) >= 11 is 3.55. The molecule has 3 rings (SSSR count). The standard InChI is InChI=1S/C17H22BrN3/c1-19-7-3-6-17(19)14-21-10-8-20(9-11-21)13-15-4-2-5-16(18)12-15/h2-7,12H,8-11,13-14H2,1H3. The molecule has 0 radical (unpaired) electrons. The van der Waals surface area contributed by atoms with Crippen molar-refractivity contribution in [1.29, 1.82) is 0 Å². The minimum Gasteiger partial charge on any atom is -0.353 e. The van der Waals surface area contributed by atoms with Crippen molar-refractivity contribution in [3.8, 4) is 0 Å². The molecule has 0 unspecified atom stereocenters. The highest BCUT2D eigenvalue weighted by Crippen LogP contribution is 2.15. The first kappa shape index (κ1) is 14.8. The van der Waals surface area contributed by atoms with Gasteiger partial charge in [0, 0.05) is 62.7 Å². The highest BCUT2D eigenvalue weighted by molar-refractivity contribution is 9.10. The van der Waals surface area contributed by atoms with Crippen LogP contribution in [0.3, 0.4) is 0 Å². The van der Waals surface area contributed by atoms with E-state index in [2.05, 4.69) is 79.9 Å². The molecule has 0 N–H and O–H groups in total. The largest absolute Gasteiger partial charge is 0.353 e. The molecule has 1 aromatic carbocycles. The predicted molar refractivity (Wildman–Crippen MR) is 90.1 cm³/mol. The quantitative estimate of drug-likeness (QED) is 0.841. The molecular formula is C17H22BrN3. The Balaban J connectivity index is 1.50.